The van der Waals surface area contributed by atoms with Crippen molar-refractivity contribution in [2.75, 3.05) is 13.6 Å². The third kappa shape index (κ3) is 2.93. The van der Waals surface area contributed by atoms with Gasteiger partial charge in [-0.1, -0.05) is 0 Å². The minimum atomic E-state index is -2.64. The molecule has 4 aliphatic rings. The predicted molar refractivity (Wildman–Crippen MR) is 98.6 cm³/mol. The molecule has 0 saturated heterocycles. The molecule has 4 nitrogen and oxygen atoms in total. The molecule has 144 valence electrons. The zero-order valence-electron chi connectivity index (χ0n) is 15.5. The molecule has 4 bridgehead atoms. The van der Waals surface area contributed by atoms with E-state index >= 15 is 0 Å². The van der Waals surface area contributed by atoms with E-state index in [0.717, 1.165) is 24.3 Å². The van der Waals surface area contributed by atoms with Crippen LogP contribution < -0.4 is 0 Å². The molecule has 0 radical (unpaired) electrons. The maximum absolute atomic E-state index is 13.0. The molecule has 4 aliphatic carbocycles. The topological polar surface area (TPSA) is 49.0 Å². The normalized spacial score (nSPS) is 31.8. The Bertz CT molecular complexity index is 855. The van der Waals surface area contributed by atoms with E-state index in [0.29, 0.717) is 22.0 Å². The van der Waals surface area contributed by atoms with Gasteiger partial charge < -0.3 is 9.88 Å². The van der Waals surface area contributed by atoms with Gasteiger partial charge in [-0.2, -0.15) is 0 Å². The molecule has 1 N–H and O–H groups in total. The molecular weight excluding hydrogens is 348 g/mol. The Labute approximate surface area is 157 Å². The number of hydrogen-bond acceptors (Lipinski definition) is 2. The highest BCUT2D eigenvalue weighted by Gasteiger charge is 2.51. The van der Waals surface area contributed by atoms with Crippen LogP contribution >= 0.6 is 0 Å². The van der Waals surface area contributed by atoms with Gasteiger partial charge in [0.05, 0.1) is 11.0 Å². The van der Waals surface area contributed by atoms with E-state index < -0.39 is 6.43 Å². The number of aromatic nitrogens is 2. The molecule has 0 aliphatic heterocycles. The number of nitrogens with one attached hydrogen (secondary N) is 1. The van der Waals surface area contributed by atoms with Gasteiger partial charge in [-0.05, 0) is 79.9 Å². The molecule has 6 heteroatoms. The number of aromatic amines is 1. The fourth-order valence-corrected chi connectivity index (χ4v) is 6.54. The molecule has 27 heavy (non-hydrogen) atoms. The van der Waals surface area contributed by atoms with E-state index in [1.54, 1.807) is 18.2 Å². The maximum Gasteiger partial charge on any atom is 0.295 e. The molecule has 1 amide bonds. The zero-order chi connectivity index (χ0) is 18.8. The van der Waals surface area contributed by atoms with Crippen LogP contribution in [0.1, 0.15) is 61.1 Å². The van der Waals surface area contributed by atoms with Crippen molar-refractivity contribution in [3.8, 4) is 0 Å². The number of carbonyl (C=O) groups is 1. The number of halogens is 2. The third-order valence-electron chi connectivity index (χ3n) is 7.04. The first kappa shape index (κ1) is 17.1. The molecule has 1 aromatic heterocycles. The highest BCUT2D eigenvalue weighted by molar-refractivity contribution is 5.97. The average molecular weight is 373 g/mol. The fourth-order valence-electron chi connectivity index (χ4n) is 6.54. The SMILES string of the molecule is CN(CC12CC3CC(CC(C3)C1)C2)C(=O)c1ccc2nc(C(F)F)[nH]c2c1. The quantitative estimate of drug-likeness (QED) is 0.838. The van der Waals surface area contributed by atoms with Crippen LogP contribution in [0.25, 0.3) is 11.0 Å². The summed E-state index contributed by atoms with van der Waals surface area (Å²) in [6.07, 6.45) is 5.30. The number of fused-ring (bicyclic) bond motifs is 1. The molecule has 0 spiro atoms. The fraction of sp³-hybridized carbons (Fsp3) is 0.619. The number of H-pyrrole nitrogens is 1. The highest BCUT2D eigenvalue weighted by Crippen LogP contribution is 2.60. The summed E-state index contributed by atoms with van der Waals surface area (Å²) in [5, 5.41) is 0. The van der Waals surface area contributed by atoms with E-state index in [1.807, 2.05) is 11.9 Å². The van der Waals surface area contributed by atoms with Crippen molar-refractivity contribution in [3.63, 3.8) is 0 Å². The van der Waals surface area contributed by atoms with E-state index in [1.165, 1.54) is 38.5 Å². The molecule has 4 fully saturated rings. The Morgan fingerprint density at radius 1 is 1.22 bits per heavy atom. The Kier molecular flexibility index (Phi) is 3.82. The van der Waals surface area contributed by atoms with E-state index in [9.17, 15) is 13.6 Å². The highest BCUT2D eigenvalue weighted by atomic mass is 19.3. The van der Waals surface area contributed by atoms with Crippen LogP contribution in [0.5, 0.6) is 0 Å². The molecule has 1 aromatic carbocycles. The molecule has 4 saturated carbocycles. The van der Waals surface area contributed by atoms with Gasteiger partial charge in [-0.25, -0.2) is 13.8 Å². The van der Waals surface area contributed by atoms with Crippen LogP contribution in [-0.4, -0.2) is 34.4 Å². The standard InChI is InChI=1S/C21H25F2N3O/c1-26(11-21-8-12-4-13(9-21)6-14(5-12)10-21)20(27)15-2-3-16-17(7-15)25-19(24-16)18(22)23/h2-3,7,12-14,18H,4-6,8-11H2,1H3,(H,24,25). The number of alkyl halides is 2. The number of imidazole rings is 1. The molecule has 6 rings (SSSR count). The van der Waals surface area contributed by atoms with Crippen molar-refractivity contribution in [3.05, 3.63) is 29.6 Å². The van der Waals surface area contributed by atoms with Crippen molar-refractivity contribution in [2.45, 2.75) is 45.0 Å². The van der Waals surface area contributed by atoms with Gasteiger partial charge >= 0.3 is 0 Å². The lowest BCUT2D eigenvalue weighted by Crippen LogP contribution is -2.51. The van der Waals surface area contributed by atoms with Crippen LogP contribution in [0.4, 0.5) is 8.78 Å². The lowest BCUT2D eigenvalue weighted by Gasteiger charge is -2.57. The minimum Gasteiger partial charge on any atom is -0.341 e. The van der Waals surface area contributed by atoms with Gasteiger partial charge in [0.1, 0.15) is 0 Å². The number of rotatable bonds is 4. The van der Waals surface area contributed by atoms with Gasteiger partial charge in [0.25, 0.3) is 12.3 Å². The summed E-state index contributed by atoms with van der Waals surface area (Å²) in [5.41, 5.74) is 1.77. The summed E-state index contributed by atoms with van der Waals surface area (Å²) in [7, 11) is 1.88. The van der Waals surface area contributed by atoms with Crippen molar-refractivity contribution in [1.29, 1.82) is 0 Å². The zero-order valence-corrected chi connectivity index (χ0v) is 15.5. The Balaban J connectivity index is 1.35. The Morgan fingerprint density at radius 3 is 2.44 bits per heavy atom. The smallest absolute Gasteiger partial charge is 0.295 e. The van der Waals surface area contributed by atoms with Gasteiger partial charge in [0.15, 0.2) is 5.82 Å². The first-order valence-corrected chi connectivity index (χ1v) is 9.94. The number of carbonyl (C=O) groups excluding carboxylic acids is 1. The van der Waals surface area contributed by atoms with E-state index in [2.05, 4.69) is 9.97 Å². The third-order valence-corrected chi connectivity index (χ3v) is 7.04. The maximum atomic E-state index is 13.0. The van der Waals surface area contributed by atoms with Crippen molar-refractivity contribution >= 4 is 16.9 Å². The summed E-state index contributed by atoms with van der Waals surface area (Å²) < 4.78 is 25.7. The van der Waals surface area contributed by atoms with E-state index in [-0.39, 0.29) is 11.7 Å². The average Bonchev–Trinajstić information content (AvgIpc) is 3.03. The second-order valence-electron chi connectivity index (χ2n) is 9.23. The van der Waals surface area contributed by atoms with Crippen LogP contribution in [0, 0.1) is 23.2 Å². The first-order chi connectivity index (χ1) is 12.9. The van der Waals surface area contributed by atoms with Crippen LogP contribution in [-0.2, 0) is 0 Å². The number of nitrogens with zero attached hydrogens (tertiary/aromatic N) is 2. The molecule has 0 unspecified atom stereocenters. The van der Waals surface area contributed by atoms with Crippen LogP contribution in [0.3, 0.4) is 0 Å². The second-order valence-corrected chi connectivity index (χ2v) is 9.23. The van der Waals surface area contributed by atoms with Gasteiger partial charge in [0, 0.05) is 19.2 Å². The number of amides is 1. The molecule has 0 atom stereocenters. The van der Waals surface area contributed by atoms with Crippen molar-refractivity contribution in [2.24, 2.45) is 23.2 Å². The second kappa shape index (κ2) is 6.01. The van der Waals surface area contributed by atoms with Crippen molar-refractivity contribution in [1.82, 2.24) is 14.9 Å². The van der Waals surface area contributed by atoms with E-state index in [4.69, 9.17) is 0 Å². The van der Waals surface area contributed by atoms with Crippen LogP contribution in [0.2, 0.25) is 0 Å². The molecule has 2 aromatic rings. The molecular formula is C21H25F2N3O. The first-order valence-electron chi connectivity index (χ1n) is 9.94. The Morgan fingerprint density at radius 2 is 1.85 bits per heavy atom. The minimum absolute atomic E-state index is 0.0409. The monoisotopic (exact) mass is 373 g/mol. The summed E-state index contributed by atoms with van der Waals surface area (Å²) in [4.78, 5) is 21.3. The lowest BCUT2D eigenvalue weighted by atomic mass is 9.49. The van der Waals surface area contributed by atoms with Crippen molar-refractivity contribution < 1.29 is 13.6 Å². The summed E-state index contributed by atoms with van der Waals surface area (Å²) in [6, 6.07) is 4.98. The predicted octanol–water partition coefficient (Wildman–Crippen LogP) is 4.79. The summed E-state index contributed by atoms with van der Waals surface area (Å²) in [6.45, 7) is 0.804. The number of hydrogen-bond donors (Lipinski definition) is 1. The Hall–Kier alpha value is -1.98. The summed E-state index contributed by atoms with van der Waals surface area (Å²) >= 11 is 0. The number of benzene rings is 1. The lowest BCUT2D eigenvalue weighted by molar-refractivity contribution is -0.0629. The largest absolute Gasteiger partial charge is 0.341 e. The van der Waals surface area contributed by atoms with Gasteiger partial charge in [0.2, 0.25) is 0 Å². The van der Waals surface area contributed by atoms with Gasteiger partial charge in [-0.3, -0.25) is 4.79 Å². The van der Waals surface area contributed by atoms with Crippen LogP contribution in [0.15, 0.2) is 18.2 Å². The van der Waals surface area contributed by atoms with Gasteiger partial charge in [-0.15, -0.1) is 0 Å². The molecule has 1 heterocycles. The summed E-state index contributed by atoms with van der Waals surface area (Å²) in [5.74, 6) is 2.17.